The second kappa shape index (κ2) is 6.75. The molecule has 1 amide bonds. The second-order valence-corrected chi connectivity index (χ2v) is 6.45. The fourth-order valence-electron chi connectivity index (χ4n) is 3.11. The number of cyclic esters (lactones) is 1. The summed E-state index contributed by atoms with van der Waals surface area (Å²) in [5, 5.41) is 2.74. The van der Waals surface area contributed by atoms with Crippen molar-refractivity contribution in [1.29, 1.82) is 0 Å². The van der Waals surface area contributed by atoms with Gasteiger partial charge < -0.3 is 19.7 Å². The van der Waals surface area contributed by atoms with Gasteiger partial charge in [-0.15, -0.1) is 0 Å². The fraction of sp³-hybridized carbons (Fsp3) is 0.250. The van der Waals surface area contributed by atoms with Crippen molar-refractivity contribution < 1.29 is 23.9 Å². The second-order valence-electron chi connectivity index (χ2n) is 6.45. The number of ether oxygens (including phenoxy) is 2. The van der Waals surface area contributed by atoms with Gasteiger partial charge in [-0.2, -0.15) is 0 Å². The van der Waals surface area contributed by atoms with Gasteiger partial charge in [0, 0.05) is 33.6 Å². The van der Waals surface area contributed by atoms with Crippen molar-refractivity contribution >= 4 is 29.2 Å². The molecule has 1 N–H and O–H groups in total. The smallest absolute Gasteiger partial charge is 0.342 e. The molecule has 0 aliphatic carbocycles. The normalized spacial score (nSPS) is 17.7. The summed E-state index contributed by atoms with van der Waals surface area (Å²) < 4.78 is 11.1. The van der Waals surface area contributed by atoms with Crippen molar-refractivity contribution in [2.75, 3.05) is 24.3 Å². The Hall–Kier alpha value is -3.35. The van der Waals surface area contributed by atoms with Gasteiger partial charge in [0.2, 0.25) is 5.91 Å². The molecule has 7 heteroatoms. The average molecular weight is 368 g/mol. The van der Waals surface area contributed by atoms with Gasteiger partial charge in [-0.25, -0.2) is 4.79 Å². The molecule has 2 aromatic rings. The number of carbonyl (C=O) groups is 3. The number of hydrogen-bond acceptors (Lipinski definition) is 6. The standard InChI is InChI=1S/C20H20N2O5/c1-12(23)21-18-11-14(22(3)4)9-10-17(18)20(26-13(2)24)16-8-6-5-7-15(16)19(25)27-20/h5-11H,1-4H3,(H,21,23). The Kier molecular flexibility index (Phi) is 4.61. The molecule has 1 aliphatic rings. The van der Waals surface area contributed by atoms with E-state index in [4.69, 9.17) is 9.47 Å². The number of fused-ring (bicyclic) bond motifs is 1. The lowest BCUT2D eigenvalue weighted by Gasteiger charge is -2.30. The van der Waals surface area contributed by atoms with E-state index in [1.807, 2.05) is 19.0 Å². The number of nitrogens with one attached hydrogen (secondary N) is 1. The lowest BCUT2D eigenvalue weighted by Crippen LogP contribution is -2.34. The first-order valence-corrected chi connectivity index (χ1v) is 8.36. The highest BCUT2D eigenvalue weighted by molar-refractivity contribution is 5.97. The Morgan fingerprint density at radius 1 is 1.07 bits per heavy atom. The molecule has 1 atom stereocenters. The molecule has 0 radical (unpaired) electrons. The summed E-state index contributed by atoms with van der Waals surface area (Å²) in [4.78, 5) is 38.0. The molecule has 1 aliphatic heterocycles. The zero-order valence-electron chi connectivity index (χ0n) is 15.5. The summed E-state index contributed by atoms with van der Waals surface area (Å²) in [5.41, 5.74) is 2.29. The van der Waals surface area contributed by atoms with Crippen LogP contribution in [0.4, 0.5) is 11.4 Å². The minimum atomic E-state index is -1.76. The van der Waals surface area contributed by atoms with Crippen LogP contribution in [0.1, 0.15) is 35.3 Å². The van der Waals surface area contributed by atoms with Crippen LogP contribution >= 0.6 is 0 Å². The Morgan fingerprint density at radius 2 is 1.78 bits per heavy atom. The summed E-state index contributed by atoms with van der Waals surface area (Å²) in [6.45, 7) is 2.61. The van der Waals surface area contributed by atoms with Crippen LogP contribution in [0.2, 0.25) is 0 Å². The van der Waals surface area contributed by atoms with Gasteiger partial charge in [-0.1, -0.05) is 12.1 Å². The molecule has 2 aromatic carbocycles. The fourth-order valence-corrected chi connectivity index (χ4v) is 3.11. The predicted octanol–water partition coefficient (Wildman–Crippen LogP) is 2.65. The van der Waals surface area contributed by atoms with Gasteiger partial charge in [0.05, 0.1) is 22.4 Å². The van der Waals surface area contributed by atoms with Gasteiger partial charge in [0.25, 0.3) is 0 Å². The molecular weight excluding hydrogens is 348 g/mol. The molecular formula is C20H20N2O5. The molecule has 27 heavy (non-hydrogen) atoms. The Morgan fingerprint density at radius 3 is 2.41 bits per heavy atom. The van der Waals surface area contributed by atoms with Crippen LogP contribution in [0.3, 0.4) is 0 Å². The predicted molar refractivity (Wildman–Crippen MR) is 99.5 cm³/mol. The summed E-state index contributed by atoms with van der Waals surface area (Å²) in [6, 6.07) is 11.9. The summed E-state index contributed by atoms with van der Waals surface area (Å²) in [6.07, 6.45) is 0. The number of benzene rings is 2. The van der Waals surface area contributed by atoms with Crippen molar-refractivity contribution in [3.63, 3.8) is 0 Å². The number of nitrogens with zero attached hydrogens (tertiary/aromatic N) is 1. The van der Waals surface area contributed by atoms with E-state index in [2.05, 4.69) is 5.32 Å². The monoisotopic (exact) mass is 368 g/mol. The highest BCUT2D eigenvalue weighted by Gasteiger charge is 2.51. The number of carbonyl (C=O) groups excluding carboxylic acids is 3. The van der Waals surface area contributed by atoms with Crippen LogP contribution < -0.4 is 10.2 Å². The maximum absolute atomic E-state index is 12.4. The highest BCUT2D eigenvalue weighted by atomic mass is 16.7. The molecule has 1 unspecified atom stereocenters. The largest absolute Gasteiger partial charge is 0.414 e. The number of hydrogen-bond donors (Lipinski definition) is 1. The molecule has 7 nitrogen and oxygen atoms in total. The SMILES string of the molecule is CC(=O)Nc1cc(N(C)C)ccc1C1(OC(C)=O)OC(=O)c2ccccc21. The zero-order chi connectivity index (χ0) is 19.8. The summed E-state index contributed by atoms with van der Waals surface area (Å²) >= 11 is 0. The van der Waals surface area contributed by atoms with Crippen LogP contribution in [0.5, 0.6) is 0 Å². The lowest BCUT2D eigenvalue weighted by molar-refractivity contribution is -0.191. The molecule has 140 valence electrons. The van der Waals surface area contributed by atoms with Crippen molar-refractivity contribution in [3.05, 3.63) is 59.2 Å². The van der Waals surface area contributed by atoms with E-state index >= 15 is 0 Å². The van der Waals surface area contributed by atoms with Crippen molar-refractivity contribution in [2.45, 2.75) is 19.6 Å². The summed E-state index contributed by atoms with van der Waals surface area (Å²) in [7, 11) is 3.72. The maximum Gasteiger partial charge on any atom is 0.342 e. The molecule has 3 rings (SSSR count). The molecule has 0 fully saturated rings. The van der Waals surface area contributed by atoms with Crippen LogP contribution in [-0.4, -0.2) is 31.9 Å². The van der Waals surface area contributed by atoms with Gasteiger partial charge in [-0.05, 0) is 30.3 Å². The first-order valence-electron chi connectivity index (χ1n) is 8.36. The quantitative estimate of drug-likeness (QED) is 0.835. The number of anilines is 2. The molecule has 0 bridgehead atoms. The van der Waals surface area contributed by atoms with Gasteiger partial charge in [0.1, 0.15) is 0 Å². The molecule has 0 spiro atoms. The van der Waals surface area contributed by atoms with E-state index < -0.39 is 17.7 Å². The number of rotatable bonds is 4. The van der Waals surface area contributed by atoms with Crippen molar-refractivity contribution in [2.24, 2.45) is 0 Å². The molecule has 0 aromatic heterocycles. The van der Waals surface area contributed by atoms with E-state index in [1.165, 1.54) is 13.8 Å². The molecule has 0 saturated carbocycles. The maximum atomic E-state index is 12.4. The minimum absolute atomic E-state index is 0.303. The van der Waals surface area contributed by atoms with E-state index in [-0.39, 0.29) is 5.91 Å². The Labute approximate surface area is 156 Å². The number of esters is 2. The first-order chi connectivity index (χ1) is 12.7. The minimum Gasteiger partial charge on any atom is -0.414 e. The third-order valence-electron chi connectivity index (χ3n) is 4.21. The summed E-state index contributed by atoms with van der Waals surface area (Å²) in [5.74, 6) is -3.28. The van der Waals surface area contributed by atoms with E-state index in [1.54, 1.807) is 42.5 Å². The Balaban J connectivity index is 2.28. The number of amides is 1. The average Bonchev–Trinajstić information content (AvgIpc) is 2.87. The van der Waals surface area contributed by atoms with Gasteiger partial charge in [0.15, 0.2) is 0 Å². The molecule has 0 saturated heterocycles. The highest BCUT2D eigenvalue weighted by Crippen LogP contribution is 2.46. The van der Waals surface area contributed by atoms with Gasteiger partial charge in [-0.3, -0.25) is 9.59 Å². The molecule has 1 heterocycles. The van der Waals surface area contributed by atoms with Crippen molar-refractivity contribution in [3.8, 4) is 0 Å². The van der Waals surface area contributed by atoms with Gasteiger partial charge >= 0.3 is 17.7 Å². The third-order valence-corrected chi connectivity index (χ3v) is 4.21. The van der Waals surface area contributed by atoms with Crippen LogP contribution in [0.25, 0.3) is 0 Å². The van der Waals surface area contributed by atoms with E-state index in [0.29, 0.717) is 22.4 Å². The first kappa shape index (κ1) is 18.4. The topological polar surface area (TPSA) is 84.9 Å². The Bertz CT molecular complexity index is 934. The van der Waals surface area contributed by atoms with Crippen LogP contribution in [0, 0.1) is 0 Å². The van der Waals surface area contributed by atoms with Crippen LogP contribution in [0.15, 0.2) is 42.5 Å². The lowest BCUT2D eigenvalue weighted by atomic mass is 9.93. The van der Waals surface area contributed by atoms with E-state index in [0.717, 1.165) is 5.69 Å². The zero-order valence-corrected chi connectivity index (χ0v) is 15.5. The van der Waals surface area contributed by atoms with Crippen LogP contribution in [-0.2, 0) is 24.8 Å². The third kappa shape index (κ3) is 3.23. The van der Waals surface area contributed by atoms with Crippen molar-refractivity contribution in [1.82, 2.24) is 0 Å². The van der Waals surface area contributed by atoms with E-state index in [9.17, 15) is 14.4 Å².